The van der Waals surface area contributed by atoms with Gasteiger partial charge in [0.15, 0.2) is 5.96 Å². The predicted octanol–water partition coefficient (Wildman–Crippen LogP) is 2.47. The predicted molar refractivity (Wildman–Crippen MR) is 103 cm³/mol. The Morgan fingerprint density at radius 3 is 2.52 bits per heavy atom. The normalized spacial score (nSPS) is 14.4. The molecule has 0 aromatic heterocycles. The average Bonchev–Trinajstić information content (AvgIpc) is 3.42. The van der Waals surface area contributed by atoms with Crippen molar-refractivity contribution in [3.63, 3.8) is 0 Å². The topological polar surface area (TPSA) is 47.9 Å². The average molecular weight is 338 g/mol. The molecule has 2 aromatic carbocycles. The Labute approximate surface area is 149 Å². The van der Waals surface area contributed by atoms with Crippen LogP contribution in [0, 0.1) is 0 Å². The summed E-state index contributed by atoms with van der Waals surface area (Å²) in [6, 6.07) is 15.4. The molecular formula is C20H26N4O. The summed E-state index contributed by atoms with van der Waals surface area (Å²) in [5.74, 6) is 0.806. The van der Waals surface area contributed by atoms with Gasteiger partial charge in [-0.3, -0.25) is 4.79 Å². The number of likely N-dealkylation sites (N-methyl/N-ethyl adjacent to an activating group) is 1. The second-order valence-electron chi connectivity index (χ2n) is 6.88. The van der Waals surface area contributed by atoms with E-state index in [1.165, 1.54) is 29.2 Å². The van der Waals surface area contributed by atoms with E-state index < -0.39 is 0 Å². The number of guanidine groups is 1. The number of amides is 1. The minimum Gasteiger partial charge on any atom is -0.353 e. The molecule has 1 saturated carbocycles. The number of fused-ring (bicyclic) bond motifs is 1. The Morgan fingerprint density at radius 1 is 1.12 bits per heavy atom. The fourth-order valence-corrected chi connectivity index (χ4v) is 2.66. The van der Waals surface area contributed by atoms with Crippen LogP contribution in [0.15, 0.2) is 47.5 Å². The third-order valence-electron chi connectivity index (χ3n) is 4.37. The molecule has 1 fully saturated rings. The van der Waals surface area contributed by atoms with Crippen LogP contribution in [0.5, 0.6) is 0 Å². The summed E-state index contributed by atoms with van der Waals surface area (Å²) in [5.41, 5.74) is 1.23. The van der Waals surface area contributed by atoms with E-state index in [4.69, 9.17) is 0 Å². The molecule has 0 spiro atoms. The van der Waals surface area contributed by atoms with E-state index in [0.717, 1.165) is 12.5 Å². The molecule has 0 radical (unpaired) electrons. The van der Waals surface area contributed by atoms with Gasteiger partial charge in [0.2, 0.25) is 5.91 Å². The molecule has 0 aliphatic heterocycles. The molecular weight excluding hydrogens is 312 g/mol. The number of nitrogens with zero attached hydrogens (tertiary/aromatic N) is 3. The standard InChI is InChI=1S/C20H26N4O/c1-23(2)19(25)13-21-20(22-18-10-11-18)24(3)14-15-8-9-16-6-4-5-7-17(16)12-15/h4-9,12,18H,10-11,13-14H2,1-3H3,(H,21,22). The number of benzene rings is 2. The molecule has 3 rings (SSSR count). The largest absolute Gasteiger partial charge is 0.353 e. The SMILES string of the molecule is CN(C)C(=O)CN=C(NC1CC1)N(C)Cc1ccc2ccccc2c1. The number of rotatable bonds is 5. The summed E-state index contributed by atoms with van der Waals surface area (Å²) >= 11 is 0. The van der Waals surface area contributed by atoms with Gasteiger partial charge in [-0.25, -0.2) is 4.99 Å². The highest BCUT2D eigenvalue weighted by Crippen LogP contribution is 2.20. The lowest BCUT2D eigenvalue weighted by molar-refractivity contribution is -0.127. The van der Waals surface area contributed by atoms with Crippen LogP contribution in [0.4, 0.5) is 0 Å². The number of nitrogens with one attached hydrogen (secondary N) is 1. The molecule has 1 aliphatic carbocycles. The minimum absolute atomic E-state index is 0.00852. The fraction of sp³-hybridized carbons (Fsp3) is 0.400. The Kier molecular flexibility index (Phi) is 5.22. The van der Waals surface area contributed by atoms with E-state index in [1.54, 1.807) is 19.0 Å². The molecule has 5 nitrogen and oxygen atoms in total. The molecule has 0 bridgehead atoms. The molecule has 1 amide bonds. The van der Waals surface area contributed by atoms with E-state index >= 15 is 0 Å². The van der Waals surface area contributed by atoms with Gasteiger partial charge >= 0.3 is 0 Å². The van der Waals surface area contributed by atoms with E-state index in [9.17, 15) is 4.79 Å². The van der Waals surface area contributed by atoms with Crippen molar-refractivity contribution in [2.24, 2.45) is 4.99 Å². The third kappa shape index (κ3) is 4.72. The van der Waals surface area contributed by atoms with Crippen molar-refractivity contribution in [3.8, 4) is 0 Å². The zero-order valence-electron chi connectivity index (χ0n) is 15.2. The highest BCUT2D eigenvalue weighted by atomic mass is 16.2. The molecule has 2 aromatic rings. The second-order valence-corrected chi connectivity index (χ2v) is 6.88. The Balaban J connectivity index is 1.72. The zero-order valence-corrected chi connectivity index (χ0v) is 15.2. The summed E-state index contributed by atoms with van der Waals surface area (Å²) in [4.78, 5) is 20.0. The number of aliphatic imine (C=N–C) groups is 1. The molecule has 25 heavy (non-hydrogen) atoms. The van der Waals surface area contributed by atoms with Crippen molar-refractivity contribution >= 4 is 22.6 Å². The van der Waals surface area contributed by atoms with Crippen LogP contribution < -0.4 is 5.32 Å². The third-order valence-corrected chi connectivity index (χ3v) is 4.37. The van der Waals surface area contributed by atoms with Crippen molar-refractivity contribution in [1.29, 1.82) is 0 Å². The first-order chi connectivity index (χ1) is 12.0. The van der Waals surface area contributed by atoms with E-state index in [1.807, 2.05) is 7.05 Å². The smallest absolute Gasteiger partial charge is 0.243 e. The van der Waals surface area contributed by atoms with Gasteiger partial charge in [-0.15, -0.1) is 0 Å². The first-order valence-electron chi connectivity index (χ1n) is 8.73. The van der Waals surface area contributed by atoms with Gasteiger partial charge < -0.3 is 15.1 Å². The van der Waals surface area contributed by atoms with Crippen LogP contribution in [-0.4, -0.2) is 55.4 Å². The zero-order chi connectivity index (χ0) is 17.8. The van der Waals surface area contributed by atoms with Crippen LogP contribution in [-0.2, 0) is 11.3 Å². The van der Waals surface area contributed by atoms with Gasteiger partial charge in [0.05, 0.1) is 0 Å². The summed E-state index contributed by atoms with van der Waals surface area (Å²) in [6.07, 6.45) is 2.34. The van der Waals surface area contributed by atoms with Gasteiger partial charge in [-0.1, -0.05) is 36.4 Å². The highest BCUT2D eigenvalue weighted by Gasteiger charge is 2.24. The monoisotopic (exact) mass is 338 g/mol. The van der Waals surface area contributed by atoms with Gasteiger partial charge in [0.25, 0.3) is 0 Å². The molecule has 0 unspecified atom stereocenters. The molecule has 1 N–H and O–H groups in total. The lowest BCUT2D eigenvalue weighted by Crippen LogP contribution is -2.40. The van der Waals surface area contributed by atoms with Gasteiger partial charge in [0.1, 0.15) is 6.54 Å². The maximum atomic E-state index is 11.8. The molecule has 0 atom stereocenters. The molecule has 0 heterocycles. The van der Waals surface area contributed by atoms with E-state index in [0.29, 0.717) is 6.04 Å². The number of carbonyl (C=O) groups is 1. The Hall–Kier alpha value is -2.56. The lowest BCUT2D eigenvalue weighted by atomic mass is 10.1. The van der Waals surface area contributed by atoms with Crippen molar-refractivity contribution in [1.82, 2.24) is 15.1 Å². The van der Waals surface area contributed by atoms with Crippen molar-refractivity contribution in [2.45, 2.75) is 25.4 Å². The van der Waals surface area contributed by atoms with Gasteiger partial charge in [-0.2, -0.15) is 0 Å². The van der Waals surface area contributed by atoms with Crippen molar-refractivity contribution < 1.29 is 4.79 Å². The summed E-state index contributed by atoms with van der Waals surface area (Å²) in [7, 11) is 5.53. The number of carbonyl (C=O) groups excluding carboxylic acids is 1. The van der Waals surface area contributed by atoms with Crippen LogP contribution in [0.1, 0.15) is 18.4 Å². The van der Waals surface area contributed by atoms with Crippen LogP contribution in [0.25, 0.3) is 10.8 Å². The van der Waals surface area contributed by atoms with Crippen molar-refractivity contribution in [2.75, 3.05) is 27.7 Å². The molecule has 5 heteroatoms. The molecule has 0 saturated heterocycles. The second kappa shape index (κ2) is 7.55. The minimum atomic E-state index is 0.00852. The van der Waals surface area contributed by atoms with Crippen molar-refractivity contribution in [3.05, 3.63) is 48.0 Å². The fourth-order valence-electron chi connectivity index (χ4n) is 2.66. The molecule has 1 aliphatic rings. The number of hydrogen-bond acceptors (Lipinski definition) is 2. The van der Waals surface area contributed by atoms with Gasteiger partial charge in [-0.05, 0) is 35.2 Å². The first-order valence-corrected chi connectivity index (χ1v) is 8.73. The lowest BCUT2D eigenvalue weighted by Gasteiger charge is -2.23. The molecule has 132 valence electrons. The van der Waals surface area contributed by atoms with E-state index in [2.05, 4.69) is 57.7 Å². The van der Waals surface area contributed by atoms with Crippen LogP contribution in [0.2, 0.25) is 0 Å². The Morgan fingerprint density at radius 2 is 1.84 bits per heavy atom. The maximum absolute atomic E-state index is 11.8. The highest BCUT2D eigenvalue weighted by molar-refractivity contribution is 5.85. The Bertz CT molecular complexity index is 780. The first kappa shape index (κ1) is 17.3. The van der Waals surface area contributed by atoms with Crippen LogP contribution >= 0.6 is 0 Å². The van der Waals surface area contributed by atoms with Crippen LogP contribution in [0.3, 0.4) is 0 Å². The van der Waals surface area contributed by atoms with Gasteiger partial charge in [0, 0.05) is 33.7 Å². The number of hydrogen-bond donors (Lipinski definition) is 1. The summed E-state index contributed by atoms with van der Waals surface area (Å²) < 4.78 is 0. The summed E-state index contributed by atoms with van der Waals surface area (Å²) in [6.45, 7) is 0.920. The maximum Gasteiger partial charge on any atom is 0.243 e. The van der Waals surface area contributed by atoms with E-state index in [-0.39, 0.29) is 12.5 Å². The summed E-state index contributed by atoms with van der Waals surface area (Å²) in [5, 5.41) is 5.93. The quantitative estimate of drug-likeness (QED) is 0.673.